The number of amides is 1. The van der Waals surface area contributed by atoms with Crippen molar-refractivity contribution in [2.24, 2.45) is 0 Å². The number of thiazole rings is 1. The summed E-state index contributed by atoms with van der Waals surface area (Å²) in [5.41, 5.74) is 1.96. The number of hydrogen-bond donors (Lipinski definition) is 0. The predicted octanol–water partition coefficient (Wildman–Crippen LogP) is 3.29. The number of nitrogens with zero attached hydrogens (tertiary/aromatic N) is 3. The summed E-state index contributed by atoms with van der Waals surface area (Å²) in [7, 11) is 0. The van der Waals surface area contributed by atoms with Gasteiger partial charge >= 0.3 is 0 Å². The maximum absolute atomic E-state index is 12.5. The van der Waals surface area contributed by atoms with Gasteiger partial charge in [-0.1, -0.05) is 6.92 Å². The molecule has 1 aromatic rings. The molecule has 0 aromatic carbocycles. The summed E-state index contributed by atoms with van der Waals surface area (Å²) < 4.78 is 0. The summed E-state index contributed by atoms with van der Waals surface area (Å²) in [6.45, 7) is 7.65. The first-order valence-corrected chi connectivity index (χ1v) is 9.44. The minimum Gasteiger partial charge on any atom is -0.332 e. The first-order valence-electron chi connectivity index (χ1n) is 8.56. The van der Waals surface area contributed by atoms with Crippen molar-refractivity contribution in [1.82, 2.24) is 14.8 Å². The Bertz CT molecular complexity index is 504. The van der Waals surface area contributed by atoms with Crippen molar-refractivity contribution < 1.29 is 4.79 Å². The highest BCUT2D eigenvalue weighted by atomic mass is 32.1. The average Bonchev–Trinajstić information content (AvgIpc) is 3.07. The Kier molecular flexibility index (Phi) is 4.83. The van der Waals surface area contributed by atoms with E-state index in [0.29, 0.717) is 11.9 Å². The zero-order chi connectivity index (χ0) is 15.6. The molecule has 122 valence electrons. The van der Waals surface area contributed by atoms with Gasteiger partial charge in [-0.2, -0.15) is 0 Å². The van der Waals surface area contributed by atoms with Crippen LogP contribution in [0.4, 0.5) is 0 Å². The summed E-state index contributed by atoms with van der Waals surface area (Å²) in [6.07, 6.45) is 8.37. The summed E-state index contributed by atoms with van der Waals surface area (Å²) in [5.74, 6) is 0.338. The highest BCUT2D eigenvalue weighted by molar-refractivity contribution is 7.09. The largest absolute Gasteiger partial charge is 0.332 e. The molecule has 5 heteroatoms. The molecule has 1 aromatic heterocycles. The SMILES string of the molecule is CC[C@H](C)N1CCC[C@]2(CCC(=O)N2Cc2cncs2)CC1. The fourth-order valence-corrected chi connectivity index (χ4v) is 4.61. The second kappa shape index (κ2) is 6.67. The molecule has 1 spiro atoms. The summed E-state index contributed by atoms with van der Waals surface area (Å²) in [6, 6.07) is 0.655. The highest BCUT2D eigenvalue weighted by Gasteiger charge is 2.45. The number of carbonyl (C=O) groups excluding carboxylic acids is 1. The van der Waals surface area contributed by atoms with E-state index in [2.05, 4.69) is 28.6 Å². The minimum atomic E-state index is 0.100. The van der Waals surface area contributed by atoms with Gasteiger partial charge in [0.25, 0.3) is 0 Å². The Morgan fingerprint density at radius 1 is 1.36 bits per heavy atom. The molecule has 2 saturated heterocycles. The third-order valence-electron chi connectivity index (χ3n) is 5.64. The van der Waals surface area contributed by atoms with Crippen molar-refractivity contribution >= 4 is 17.2 Å². The normalized spacial score (nSPS) is 28.3. The van der Waals surface area contributed by atoms with Gasteiger partial charge in [-0.15, -0.1) is 11.3 Å². The lowest BCUT2D eigenvalue weighted by Crippen LogP contribution is -2.46. The summed E-state index contributed by atoms with van der Waals surface area (Å²) in [4.78, 5) is 22.6. The van der Waals surface area contributed by atoms with Crippen LogP contribution in [0.15, 0.2) is 11.7 Å². The smallest absolute Gasteiger partial charge is 0.223 e. The Hall–Kier alpha value is -0.940. The van der Waals surface area contributed by atoms with E-state index < -0.39 is 0 Å². The molecule has 3 rings (SSSR count). The predicted molar refractivity (Wildman–Crippen MR) is 89.8 cm³/mol. The van der Waals surface area contributed by atoms with Crippen LogP contribution in [0.1, 0.15) is 57.2 Å². The van der Waals surface area contributed by atoms with E-state index in [9.17, 15) is 4.79 Å². The molecule has 22 heavy (non-hydrogen) atoms. The number of hydrogen-bond acceptors (Lipinski definition) is 4. The summed E-state index contributed by atoms with van der Waals surface area (Å²) >= 11 is 1.66. The van der Waals surface area contributed by atoms with Crippen LogP contribution < -0.4 is 0 Å². The van der Waals surface area contributed by atoms with Gasteiger partial charge in [0.2, 0.25) is 5.91 Å². The molecule has 4 nitrogen and oxygen atoms in total. The van der Waals surface area contributed by atoms with Crippen LogP contribution in [0.5, 0.6) is 0 Å². The second-order valence-corrected chi connectivity index (χ2v) is 7.79. The molecule has 0 unspecified atom stereocenters. The van der Waals surface area contributed by atoms with Crippen molar-refractivity contribution in [1.29, 1.82) is 0 Å². The van der Waals surface area contributed by atoms with E-state index in [1.807, 2.05) is 11.7 Å². The molecule has 2 aliphatic heterocycles. The summed E-state index contributed by atoms with van der Waals surface area (Å²) in [5, 5.41) is 0. The second-order valence-electron chi connectivity index (χ2n) is 6.82. The lowest BCUT2D eigenvalue weighted by molar-refractivity contribution is -0.132. The number of likely N-dealkylation sites (tertiary alicyclic amines) is 2. The maximum Gasteiger partial charge on any atom is 0.223 e. The van der Waals surface area contributed by atoms with E-state index in [0.717, 1.165) is 38.8 Å². The highest BCUT2D eigenvalue weighted by Crippen LogP contribution is 2.40. The third kappa shape index (κ3) is 3.06. The van der Waals surface area contributed by atoms with Gasteiger partial charge in [-0.25, -0.2) is 0 Å². The van der Waals surface area contributed by atoms with E-state index in [-0.39, 0.29) is 5.54 Å². The van der Waals surface area contributed by atoms with Crippen molar-refractivity contribution in [2.45, 2.75) is 70.5 Å². The first kappa shape index (κ1) is 15.9. The first-order chi connectivity index (χ1) is 10.6. The van der Waals surface area contributed by atoms with Crippen LogP contribution in [0.25, 0.3) is 0 Å². The van der Waals surface area contributed by atoms with Crippen LogP contribution in [0.2, 0.25) is 0 Å². The molecule has 2 fully saturated rings. The Balaban J connectivity index is 1.74. The Labute approximate surface area is 137 Å². The average molecular weight is 321 g/mol. The monoisotopic (exact) mass is 321 g/mol. The standard InChI is InChI=1S/C17H27N3OS/c1-3-14(2)19-9-4-6-17(8-10-19)7-5-16(21)20(17)12-15-11-18-13-22-15/h11,13-14H,3-10,12H2,1-2H3/t14-,17-/m0/s1. The van der Waals surface area contributed by atoms with Crippen molar-refractivity contribution in [3.63, 3.8) is 0 Å². The number of carbonyl (C=O) groups is 1. The van der Waals surface area contributed by atoms with Crippen molar-refractivity contribution in [3.05, 3.63) is 16.6 Å². The van der Waals surface area contributed by atoms with Crippen molar-refractivity contribution in [2.75, 3.05) is 13.1 Å². The van der Waals surface area contributed by atoms with Gasteiger partial charge in [0, 0.05) is 35.6 Å². The molecule has 0 bridgehead atoms. The van der Waals surface area contributed by atoms with E-state index in [1.165, 1.54) is 24.3 Å². The molecular weight excluding hydrogens is 294 g/mol. The maximum atomic E-state index is 12.5. The van der Waals surface area contributed by atoms with Crippen LogP contribution in [0, 0.1) is 0 Å². The lowest BCUT2D eigenvalue weighted by Gasteiger charge is -2.38. The molecule has 0 saturated carbocycles. The van der Waals surface area contributed by atoms with Crippen LogP contribution >= 0.6 is 11.3 Å². The number of aromatic nitrogens is 1. The molecule has 1 amide bonds. The Morgan fingerprint density at radius 2 is 2.23 bits per heavy atom. The zero-order valence-electron chi connectivity index (χ0n) is 13.8. The fourth-order valence-electron chi connectivity index (χ4n) is 4.02. The van der Waals surface area contributed by atoms with Crippen LogP contribution in [0.3, 0.4) is 0 Å². The third-order valence-corrected chi connectivity index (χ3v) is 6.41. The topological polar surface area (TPSA) is 36.4 Å². The molecule has 2 aliphatic rings. The lowest BCUT2D eigenvalue weighted by atomic mass is 9.87. The van der Waals surface area contributed by atoms with Gasteiger partial charge in [-0.05, 0) is 45.6 Å². The molecular formula is C17H27N3OS. The number of rotatable bonds is 4. The molecule has 0 radical (unpaired) electrons. The van der Waals surface area contributed by atoms with E-state index >= 15 is 0 Å². The van der Waals surface area contributed by atoms with Gasteiger partial charge in [0.05, 0.1) is 12.1 Å². The molecule has 2 atom stereocenters. The molecule has 0 aliphatic carbocycles. The van der Waals surface area contributed by atoms with Crippen molar-refractivity contribution in [3.8, 4) is 0 Å². The van der Waals surface area contributed by atoms with Crippen LogP contribution in [-0.2, 0) is 11.3 Å². The van der Waals surface area contributed by atoms with Crippen LogP contribution in [-0.4, -0.2) is 45.4 Å². The molecule has 3 heterocycles. The Morgan fingerprint density at radius 3 is 2.95 bits per heavy atom. The quantitative estimate of drug-likeness (QED) is 0.854. The van der Waals surface area contributed by atoms with Gasteiger partial charge in [0.1, 0.15) is 0 Å². The van der Waals surface area contributed by atoms with Gasteiger partial charge in [-0.3, -0.25) is 9.78 Å². The zero-order valence-corrected chi connectivity index (χ0v) is 14.6. The van der Waals surface area contributed by atoms with Gasteiger partial charge in [0.15, 0.2) is 0 Å². The fraction of sp³-hybridized carbons (Fsp3) is 0.765. The minimum absolute atomic E-state index is 0.100. The van der Waals surface area contributed by atoms with E-state index in [4.69, 9.17) is 0 Å². The molecule has 0 N–H and O–H groups in total. The van der Waals surface area contributed by atoms with E-state index in [1.54, 1.807) is 11.3 Å². The van der Waals surface area contributed by atoms with Gasteiger partial charge < -0.3 is 9.80 Å².